The van der Waals surface area contributed by atoms with E-state index in [1.807, 2.05) is 12.1 Å². The Morgan fingerprint density at radius 3 is 2.82 bits per heavy atom. The topological polar surface area (TPSA) is 69.5 Å². The van der Waals surface area contributed by atoms with E-state index in [0.29, 0.717) is 11.7 Å². The molecule has 0 amide bonds. The Morgan fingerprint density at radius 1 is 1.29 bits per heavy atom. The first kappa shape index (κ1) is 12.3. The smallest absolute Gasteiger partial charge is 0.151 e. The molecule has 1 aliphatic heterocycles. The number of anilines is 1. The minimum absolute atomic E-state index is 0.0682. The van der Waals surface area contributed by atoms with Gasteiger partial charge in [0.1, 0.15) is 0 Å². The zero-order chi connectivity index (χ0) is 12.1. The van der Waals surface area contributed by atoms with Crippen LogP contribution in [0.25, 0.3) is 0 Å². The van der Waals surface area contributed by atoms with Crippen LogP contribution < -0.4 is 4.90 Å². The molecule has 0 bridgehead atoms. The highest BCUT2D eigenvalue weighted by Gasteiger charge is 2.25. The van der Waals surface area contributed by atoms with Gasteiger partial charge in [-0.15, -0.1) is 5.10 Å². The molecule has 0 spiro atoms. The van der Waals surface area contributed by atoms with E-state index in [2.05, 4.69) is 15.1 Å². The van der Waals surface area contributed by atoms with Crippen LogP contribution in [0.5, 0.6) is 0 Å². The molecule has 0 radical (unpaired) electrons. The number of aliphatic hydroxyl groups excluding tert-OH is 2. The molecule has 5 nitrogen and oxygen atoms in total. The van der Waals surface area contributed by atoms with Crippen molar-refractivity contribution in [3.8, 4) is 0 Å². The highest BCUT2D eigenvalue weighted by Crippen LogP contribution is 2.26. The first-order valence-corrected chi connectivity index (χ1v) is 6.16. The molecule has 1 unspecified atom stereocenters. The van der Waals surface area contributed by atoms with Crippen LogP contribution in [0.3, 0.4) is 0 Å². The quantitative estimate of drug-likeness (QED) is 0.789. The van der Waals surface area contributed by atoms with Crippen LogP contribution in [0.4, 0.5) is 5.82 Å². The largest absolute Gasteiger partial charge is 0.396 e. The number of aliphatic hydroxyl groups is 2. The fraction of sp³-hybridized carbons (Fsp3) is 0.667. The van der Waals surface area contributed by atoms with Crippen molar-refractivity contribution in [2.45, 2.75) is 38.3 Å². The van der Waals surface area contributed by atoms with Gasteiger partial charge in [-0.2, -0.15) is 5.10 Å². The van der Waals surface area contributed by atoms with Crippen LogP contribution in [-0.4, -0.2) is 39.6 Å². The maximum absolute atomic E-state index is 8.92. The summed E-state index contributed by atoms with van der Waals surface area (Å²) in [7, 11) is 0. The Kier molecular flexibility index (Phi) is 4.28. The van der Waals surface area contributed by atoms with Gasteiger partial charge in [-0.3, -0.25) is 0 Å². The summed E-state index contributed by atoms with van der Waals surface area (Å²) in [5.41, 5.74) is 0.597. The fourth-order valence-electron chi connectivity index (χ4n) is 2.35. The SMILES string of the molecule is OCCCC1CCCN1c1ccc(CO)nn1. The Morgan fingerprint density at radius 2 is 2.18 bits per heavy atom. The number of aromatic nitrogens is 2. The number of rotatable bonds is 5. The molecule has 1 aliphatic rings. The third-order valence-electron chi connectivity index (χ3n) is 3.23. The number of hydrogen-bond acceptors (Lipinski definition) is 5. The highest BCUT2D eigenvalue weighted by atomic mass is 16.3. The summed E-state index contributed by atoms with van der Waals surface area (Å²) in [5, 5.41) is 25.9. The van der Waals surface area contributed by atoms with Crippen molar-refractivity contribution >= 4 is 5.82 Å². The van der Waals surface area contributed by atoms with Crippen LogP contribution >= 0.6 is 0 Å². The first-order valence-electron chi connectivity index (χ1n) is 6.16. The average Bonchev–Trinajstić information content (AvgIpc) is 2.84. The van der Waals surface area contributed by atoms with Crippen molar-refractivity contribution in [1.29, 1.82) is 0 Å². The lowest BCUT2D eigenvalue weighted by Crippen LogP contribution is -2.30. The summed E-state index contributed by atoms with van der Waals surface area (Å²) in [5.74, 6) is 0.877. The number of nitrogens with zero attached hydrogens (tertiary/aromatic N) is 3. The zero-order valence-electron chi connectivity index (χ0n) is 9.92. The van der Waals surface area contributed by atoms with E-state index >= 15 is 0 Å². The van der Waals surface area contributed by atoms with Crippen LogP contribution in [0.1, 0.15) is 31.4 Å². The summed E-state index contributed by atoms with van der Waals surface area (Å²) >= 11 is 0. The van der Waals surface area contributed by atoms with Gasteiger partial charge in [-0.05, 0) is 37.8 Å². The first-order chi connectivity index (χ1) is 8.35. The van der Waals surface area contributed by atoms with Gasteiger partial charge >= 0.3 is 0 Å². The van der Waals surface area contributed by atoms with Gasteiger partial charge in [0, 0.05) is 19.2 Å². The lowest BCUT2D eigenvalue weighted by atomic mass is 10.1. The van der Waals surface area contributed by atoms with Gasteiger partial charge in [-0.25, -0.2) is 0 Å². The van der Waals surface area contributed by atoms with E-state index in [4.69, 9.17) is 10.2 Å². The monoisotopic (exact) mass is 237 g/mol. The van der Waals surface area contributed by atoms with Gasteiger partial charge in [0.15, 0.2) is 5.82 Å². The van der Waals surface area contributed by atoms with Gasteiger partial charge < -0.3 is 15.1 Å². The zero-order valence-corrected chi connectivity index (χ0v) is 9.92. The van der Waals surface area contributed by atoms with E-state index in [-0.39, 0.29) is 13.2 Å². The molecular formula is C12H19N3O2. The third kappa shape index (κ3) is 2.92. The molecule has 1 fully saturated rings. The van der Waals surface area contributed by atoms with Crippen molar-refractivity contribution in [3.63, 3.8) is 0 Å². The normalized spacial score (nSPS) is 19.9. The lowest BCUT2D eigenvalue weighted by Gasteiger charge is -2.25. The van der Waals surface area contributed by atoms with E-state index < -0.39 is 0 Å². The molecule has 0 aliphatic carbocycles. The highest BCUT2D eigenvalue weighted by molar-refractivity contribution is 5.40. The van der Waals surface area contributed by atoms with Crippen molar-refractivity contribution in [1.82, 2.24) is 10.2 Å². The Labute approximate surface area is 101 Å². The van der Waals surface area contributed by atoms with Gasteiger partial charge in [-0.1, -0.05) is 0 Å². The number of hydrogen-bond donors (Lipinski definition) is 2. The fourth-order valence-corrected chi connectivity index (χ4v) is 2.35. The second-order valence-corrected chi connectivity index (χ2v) is 4.40. The van der Waals surface area contributed by atoms with Crippen molar-refractivity contribution < 1.29 is 10.2 Å². The second kappa shape index (κ2) is 5.93. The molecule has 2 rings (SSSR count). The van der Waals surface area contributed by atoms with E-state index in [1.54, 1.807) is 0 Å². The van der Waals surface area contributed by atoms with Crippen LogP contribution in [0, 0.1) is 0 Å². The van der Waals surface area contributed by atoms with Gasteiger partial charge in [0.25, 0.3) is 0 Å². The maximum Gasteiger partial charge on any atom is 0.151 e. The summed E-state index contributed by atoms with van der Waals surface area (Å²) in [6, 6.07) is 4.19. The molecule has 5 heteroatoms. The van der Waals surface area contributed by atoms with Crippen LogP contribution in [-0.2, 0) is 6.61 Å². The van der Waals surface area contributed by atoms with Gasteiger partial charge in [0.2, 0.25) is 0 Å². The molecule has 0 aromatic carbocycles. The van der Waals surface area contributed by atoms with Gasteiger partial charge in [0.05, 0.1) is 12.3 Å². The van der Waals surface area contributed by atoms with Crippen LogP contribution in [0.2, 0.25) is 0 Å². The molecular weight excluding hydrogens is 218 g/mol. The van der Waals surface area contributed by atoms with Crippen molar-refractivity contribution in [2.24, 2.45) is 0 Å². The molecule has 94 valence electrons. The van der Waals surface area contributed by atoms with Crippen molar-refractivity contribution in [3.05, 3.63) is 17.8 Å². The minimum Gasteiger partial charge on any atom is -0.396 e. The summed E-state index contributed by atoms with van der Waals surface area (Å²) < 4.78 is 0. The third-order valence-corrected chi connectivity index (χ3v) is 3.23. The summed E-state index contributed by atoms with van der Waals surface area (Å²) in [6.07, 6.45) is 4.16. The molecule has 2 N–H and O–H groups in total. The van der Waals surface area contributed by atoms with Crippen molar-refractivity contribution in [2.75, 3.05) is 18.1 Å². The molecule has 17 heavy (non-hydrogen) atoms. The van der Waals surface area contributed by atoms with E-state index in [9.17, 15) is 0 Å². The van der Waals surface area contributed by atoms with Crippen LogP contribution in [0.15, 0.2) is 12.1 Å². The van der Waals surface area contributed by atoms with E-state index in [0.717, 1.165) is 31.6 Å². The second-order valence-electron chi connectivity index (χ2n) is 4.40. The minimum atomic E-state index is -0.0682. The predicted molar refractivity (Wildman–Crippen MR) is 64.6 cm³/mol. The molecule has 1 aromatic rings. The Hall–Kier alpha value is -1.20. The maximum atomic E-state index is 8.92. The molecule has 0 saturated carbocycles. The molecule has 1 saturated heterocycles. The van der Waals surface area contributed by atoms with E-state index in [1.165, 1.54) is 6.42 Å². The molecule has 2 heterocycles. The molecule has 1 atom stereocenters. The standard InChI is InChI=1S/C12H19N3O2/c16-8-2-4-11-3-1-7-15(11)12-6-5-10(9-17)13-14-12/h5-6,11,16-17H,1-4,7-9H2. The lowest BCUT2D eigenvalue weighted by molar-refractivity contribution is 0.275. The molecule has 1 aromatic heterocycles. The average molecular weight is 237 g/mol. The predicted octanol–water partition coefficient (Wildman–Crippen LogP) is 0.710. The Balaban J connectivity index is 2.03. The summed E-state index contributed by atoms with van der Waals surface area (Å²) in [6.45, 7) is 1.18. The summed E-state index contributed by atoms with van der Waals surface area (Å²) in [4.78, 5) is 2.25. The Bertz CT molecular complexity index is 342.